The van der Waals surface area contributed by atoms with Crippen LogP contribution in [0.3, 0.4) is 0 Å². The molecule has 1 fully saturated rings. The number of nitrogens with one attached hydrogen (secondary N) is 1. The average Bonchev–Trinajstić information content (AvgIpc) is 2.17. The van der Waals surface area contributed by atoms with Gasteiger partial charge in [0.1, 0.15) is 0 Å². The molecule has 2 amide bonds. The normalized spacial score (nSPS) is 30.8. The minimum atomic E-state index is -0.0703. The molecule has 2 atom stereocenters. The van der Waals surface area contributed by atoms with Crippen LogP contribution in [-0.4, -0.2) is 41.3 Å². The van der Waals surface area contributed by atoms with E-state index >= 15 is 0 Å². The van der Waals surface area contributed by atoms with Crippen LogP contribution < -0.4 is 5.32 Å². The number of nitrogens with zero attached hydrogens (tertiary/aromatic N) is 1. The van der Waals surface area contributed by atoms with E-state index in [-0.39, 0.29) is 24.7 Å². The van der Waals surface area contributed by atoms with Gasteiger partial charge in [0.15, 0.2) is 0 Å². The van der Waals surface area contributed by atoms with Crippen molar-refractivity contribution in [1.82, 2.24) is 10.2 Å². The van der Waals surface area contributed by atoms with Crippen molar-refractivity contribution in [3.63, 3.8) is 0 Å². The summed E-state index contributed by atoms with van der Waals surface area (Å²) in [5, 5.41) is 11.4. The summed E-state index contributed by atoms with van der Waals surface area (Å²) >= 11 is 0. The lowest BCUT2D eigenvalue weighted by molar-refractivity contribution is 0.180. The topological polar surface area (TPSA) is 52.6 Å². The molecule has 11 heavy (non-hydrogen) atoms. The fourth-order valence-corrected chi connectivity index (χ4v) is 1.27. The van der Waals surface area contributed by atoms with E-state index in [0.29, 0.717) is 6.54 Å². The monoisotopic (exact) mass is 158 g/mol. The molecule has 2 N–H and O–H groups in total. The van der Waals surface area contributed by atoms with Crippen LogP contribution >= 0.6 is 0 Å². The van der Waals surface area contributed by atoms with Gasteiger partial charge in [0.2, 0.25) is 0 Å². The molecule has 1 aliphatic heterocycles. The molecule has 0 saturated carbocycles. The Labute approximate surface area is 66.2 Å². The van der Waals surface area contributed by atoms with E-state index in [1.54, 1.807) is 4.90 Å². The van der Waals surface area contributed by atoms with E-state index in [1.807, 2.05) is 13.8 Å². The van der Waals surface area contributed by atoms with Crippen molar-refractivity contribution in [2.75, 3.05) is 13.2 Å². The Kier molecular flexibility index (Phi) is 2.34. The third-order valence-corrected chi connectivity index (χ3v) is 2.17. The van der Waals surface area contributed by atoms with Gasteiger partial charge in [0.05, 0.1) is 12.6 Å². The first-order chi connectivity index (χ1) is 5.16. The largest absolute Gasteiger partial charge is 0.395 e. The van der Waals surface area contributed by atoms with Crippen LogP contribution in [0.2, 0.25) is 0 Å². The smallest absolute Gasteiger partial charge is 0.318 e. The van der Waals surface area contributed by atoms with E-state index in [9.17, 15) is 4.79 Å². The van der Waals surface area contributed by atoms with E-state index in [2.05, 4.69) is 5.32 Å². The number of carbonyl (C=O) groups is 1. The predicted molar refractivity (Wildman–Crippen MR) is 41.2 cm³/mol. The highest BCUT2D eigenvalue weighted by Crippen LogP contribution is 2.11. The molecule has 1 rings (SSSR count). The van der Waals surface area contributed by atoms with Crippen LogP contribution in [0, 0.1) is 0 Å². The third kappa shape index (κ3) is 1.45. The summed E-state index contributed by atoms with van der Waals surface area (Å²) in [6.45, 7) is 4.39. The summed E-state index contributed by atoms with van der Waals surface area (Å²) in [5.41, 5.74) is 0. The molecule has 1 saturated heterocycles. The number of aliphatic hydroxyl groups is 1. The minimum Gasteiger partial charge on any atom is -0.395 e. The van der Waals surface area contributed by atoms with Crippen LogP contribution in [0.15, 0.2) is 0 Å². The van der Waals surface area contributed by atoms with Gasteiger partial charge in [-0.15, -0.1) is 0 Å². The number of aliphatic hydroxyl groups excluding tert-OH is 1. The highest BCUT2D eigenvalue weighted by atomic mass is 16.3. The van der Waals surface area contributed by atoms with Crippen molar-refractivity contribution in [2.24, 2.45) is 0 Å². The first-order valence-electron chi connectivity index (χ1n) is 3.85. The van der Waals surface area contributed by atoms with E-state index in [1.165, 1.54) is 0 Å². The van der Waals surface area contributed by atoms with Gasteiger partial charge in [-0.1, -0.05) is 0 Å². The van der Waals surface area contributed by atoms with Gasteiger partial charge in [-0.2, -0.15) is 0 Å². The van der Waals surface area contributed by atoms with Crippen LogP contribution in [0.4, 0.5) is 4.79 Å². The quantitative estimate of drug-likeness (QED) is 0.583. The summed E-state index contributed by atoms with van der Waals surface area (Å²) in [6.07, 6.45) is 0. The van der Waals surface area contributed by atoms with Crippen molar-refractivity contribution in [3.8, 4) is 0 Å². The number of amides is 2. The summed E-state index contributed by atoms with van der Waals surface area (Å²) in [4.78, 5) is 12.7. The Balaban J connectivity index is 2.56. The molecular weight excluding hydrogens is 144 g/mol. The van der Waals surface area contributed by atoms with Gasteiger partial charge in [-0.3, -0.25) is 0 Å². The third-order valence-electron chi connectivity index (χ3n) is 2.17. The summed E-state index contributed by atoms with van der Waals surface area (Å²) in [7, 11) is 0. The van der Waals surface area contributed by atoms with Crippen LogP contribution in [0.1, 0.15) is 13.8 Å². The maximum atomic E-state index is 11.1. The fourth-order valence-electron chi connectivity index (χ4n) is 1.27. The zero-order valence-corrected chi connectivity index (χ0v) is 6.87. The number of hydrogen-bond acceptors (Lipinski definition) is 2. The first kappa shape index (κ1) is 8.33. The zero-order valence-electron chi connectivity index (χ0n) is 6.87. The summed E-state index contributed by atoms with van der Waals surface area (Å²) in [5.74, 6) is 0. The maximum Gasteiger partial charge on any atom is 0.318 e. The summed E-state index contributed by atoms with van der Waals surface area (Å²) in [6, 6.07) is 0.308. The molecule has 4 heteroatoms. The fraction of sp³-hybridized carbons (Fsp3) is 0.857. The highest BCUT2D eigenvalue weighted by Gasteiger charge is 2.32. The van der Waals surface area contributed by atoms with Crippen LogP contribution in [0.25, 0.3) is 0 Å². The molecule has 1 heterocycles. The Morgan fingerprint density at radius 3 is 2.64 bits per heavy atom. The molecule has 0 aromatic heterocycles. The van der Waals surface area contributed by atoms with Gasteiger partial charge >= 0.3 is 6.03 Å². The highest BCUT2D eigenvalue weighted by molar-refractivity contribution is 5.77. The number of rotatable bonds is 2. The lowest BCUT2D eigenvalue weighted by atomic mass is 10.2. The van der Waals surface area contributed by atoms with Crippen LogP contribution in [0.5, 0.6) is 0 Å². The molecule has 0 aromatic rings. The average molecular weight is 158 g/mol. The Hall–Kier alpha value is -0.770. The molecular formula is C7H14N2O2. The van der Waals surface area contributed by atoms with Gasteiger partial charge in [-0.05, 0) is 13.8 Å². The van der Waals surface area contributed by atoms with Crippen molar-refractivity contribution in [3.05, 3.63) is 0 Å². The molecule has 1 aliphatic rings. The molecule has 4 nitrogen and oxygen atoms in total. The SMILES string of the molecule is CC1NC(=O)N(CCO)C1C. The standard InChI is InChI=1S/C7H14N2O2/c1-5-6(2)9(3-4-10)7(11)8-5/h5-6,10H,3-4H2,1-2H3,(H,8,11). The lowest BCUT2D eigenvalue weighted by Gasteiger charge is -2.19. The second-order valence-corrected chi connectivity index (χ2v) is 2.90. The van der Waals surface area contributed by atoms with E-state index in [0.717, 1.165) is 0 Å². The zero-order chi connectivity index (χ0) is 8.43. The van der Waals surface area contributed by atoms with Crippen molar-refractivity contribution < 1.29 is 9.90 Å². The summed E-state index contributed by atoms with van der Waals surface area (Å²) < 4.78 is 0. The first-order valence-corrected chi connectivity index (χ1v) is 3.85. The van der Waals surface area contributed by atoms with Crippen molar-refractivity contribution >= 4 is 6.03 Å². The van der Waals surface area contributed by atoms with E-state index < -0.39 is 0 Å². The predicted octanol–water partition coefficient (Wildman–Crippen LogP) is -0.219. The van der Waals surface area contributed by atoms with Gasteiger partial charge in [-0.25, -0.2) is 4.79 Å². The molecule has 0 radical (unpaired) electrons. The van der Waals surface area contributed by atoms with Crippen molar-refractivity contribution in [1.29, 1.82) is 0 Å². The van der Waals surface area contributed by atoms with Crippen molar-refractivity contribution in [2.45, 2.75) is 25.9 Å². The number of hydrogen-bond donors (Lipinski definition) is 2. The Morgan fingerprint density at radius 1 is 1.64 bits per heavy atom. The Morgan fingerprint density at radius 2 is 2.27 bits per heavy atom. The molecule has 0 bridgehead atoms. The second-order valence-electron chi connectivity index (χ2n) is 2.90. The van der Waals surface area contributed by atoms with Gasteiger partial charge in [0, 0.05) is 12.6 Å². The number of β-amino-alcohol motifs (C(OH)–C–C–N with tert-alkyl or cyclic N) is 1. The van der Waals surface area contributed by atoms with E-state index in [4.69, 9.17) is 5.11 Å². The second kappa shape index (κ2) is 3.09. The number of carbonyl (C=O) groups excluding carboxylic acids is 1. The molecule has 0 aliphatic carbocycles. The minimum absolute atomic E-state index is 0.0322. The maximum absolute atomic E-state index is 11.1. The molecule has 64 valence electrons. The number of urea groups is 1. The van der Waals surface area contributed by atoms with Crippen LogP contribution in [-0.2, 0) is 0 Å². The lowest BCUT2D eigenvalue weighted by Crippen LogP contribution is -2.35. The molecule has 2 unspecified atom stereocenters. The molecule has 0 aromatic carbocycles. The van der Waals surface area contributed by atoms with Gasteiger partial charge in [0.25, 0.3) is 0 Å². The Bertz CT molecular complexity index is 161. The van der Waals surface area contributed by atoms with Gasteiger partial charge < -0.3 is 15.3 Å². The molecule has 0 spiro atoms.